The molecule has 0 fully saturated rings. The molecule has 0 aliphatic carbocycles. The van der Waals surface area contributed by atoms with Crippen molar-refractivity contribution in [2.75, 3.05) is 27.2 Å². The maximum absolute atomic E-state index is 13.5. The number of carbonyl (C=O) groups is 1. The summed E-state index contributed by atoms with van der Waals surface area (Å²) < 4.78 is 5.98. The fourth-order valence-electron chi connectivity index (χ4n) is 3.92. The molecule has 0 radical (unpaired) electrons. The van der Waals surface area contributed by atoms with Crippen molar-refractivity contribution < 1.29 is 9.21 Å². The summed E-state index contributed by atoms with van der Waals surface area (Å²) in [4.78, 5) is 30.6. The molecule has 2 aromatic carbocycles. The Morgan fingerprint density at radius 3 is 2.47 bits per heavy atom. The molecule has 1 aliphatic rings. The second kappa shape index (κ2) is 8.06. The van der Waals surface area contributed by atoms with Gasteiger partial charge in [-0.3, -0.25) is 9.59 Å². The molecule has 0 N–H and O–H groups in total. The lowest BCUT2D eigenvalue weighted by Crippen LogP contribution is -2.32. The van der Waals surface area contributed by atoms with Crippen LogP contribution < -0.4 is 5.43 Å². The monoisotopic (exact) mass is 444 g/mol. The molecule has 1 aromatic heterocycles. The molecule has 7 heteroatoms. The second-order valence-corrected chi connectivity index (χ2v) is 8.72. The number of rotatable bonds is 5. The minimum absolute atomic E-state index is 0.110. The van der Waals surface area contributed by atoms with Crippen LogP contribution in [0.15, 0.2) is 45.6 Å². The summed E-state index contributed by atoms with van der Waals surface area (Å²) in [5.41, 5.74) is 2.12. The number of benzene rings is 2. The summed E-state index contributed by atoms with van der Waals surface area (Å²) >= 11 is 12.3. The van der Waals surface area contributed by atoms with Gasteiger partial charge in [0, 0.05) is 16.6 Å². The number of hydrogen-bond donors (Lipinski definition) is 0. The molecule has 4 rings (SSSR count). The molecule has 1 aliphatic heterocycles. The van der Waals surface area contributed by atoms with Crippen molar-refractivity contribution in [3.63, 3.8) is 0 Å². The van der Waals surface area contributed by atoms with Crippen LogP contribution in [0.1, 0.15) is 39.7 Å². The molecular formula is C23H22Cl2N2O3. The molecule has 1 amide bonds. The van der Waals surface area contributed by atoms with Crippen molar-refractivity contribution in [2.45, 2.75) is 19.4 Å². The number of fused-ring (bicyclic) bond motifs is 2. The molecule has 156 valence electrons. The molecule has 30 heavy (non-hydrogen) atoms. The first-order chi connectivity index (χ1) is 14.3. The van der Waals surface area contributed by atoms with Crippen molar-refractivity contribution in [3.05, 3.63) is 79.1 Å². The lowest BCUT2D eigenvalue weighted by Gasteiger charge is -2.25. The lowest BCUT2D eigenvalue weighted by atomic mass is 9.98. The number of halogens is 2. The van der Waals surface area contributed by atoms with E-state index in [2.05, 4.69) is 4.90 Å². The minimum Gasteiger partial charge on any atom is -0.450 e. The van der Waals surface area contributed by atoms with E-state index >= 15 is 0 Å². The molecule has 3 aromatic rings. The predicted molar refractivity (Wildman–Crippen MR) is 120 cm³/mol. The third-order valence-corrected chi connectivity index (χ3v) is 6.10. The minimum atomic E-state index is -0.521. The molecular weight excluding hydrogens is 423 g/mol. The van der Waals surface area contributed by atoms with Crippen LogP contribution in [-0.4, -0.2) is 42.9 Å². The van der Waals surface area contributed by atoms with E-state index in [4.69, 9.17) is 27.6 Å². The van der Waals surface area contributed by atoms with Crippen molar-refractivity contribution in [1.29, 1.82) is 0 Å². The zero-order valence-electron chi connectivity index (χ0n) is 17.0. The fourth-order valence-corrected chi connectivity index (χ4v) is 4.21. The highest BCUT2D eigenvalue weighted by atomic mass is 35.5. The zero-order chi connectivity index (χ0) is 21.6. The second-order valence-electron chi connectivity index (χ2n) is 7.88. The van der Waals surface area contributed by atoms with Gasteiger partial charge in [0.15, 0.2) is 5.43 Å². The zero-order valence-corrected chi connectivity index (χ0v) is 18.5. The van der Waals surface area contributed by atoms with E-state index in [9.17, 15) is 9.59 Å². The summed E-state index contributed by atoms with van der Waals surface area (Å²) in [5, 5.41) is 1.46. The number of nitrogens with zero attached hydrogens (tertiary/aromatic N) is 2. The van der Waals surface area contributed by atoms with Gasteiger partial charge in [0.05, 0.1) is 17.0 Å². The topological polar surface area (TPSA) is 53.8 Å². The van der Waals surface area contributed by atoms with E-state index in [1.807, 2.05) is 33.2 Å². The third-order valence-electron chi connectivity index (χ3n) is 5.44. The van der Waals surface area contributed by atoms with E-state index in [-0.39, 0.29) is 17.1 Å². The van der Waals surface area contributed by atoms with Crippen molar-refractivity contribution in [1.82, 2.24) is 9.80 Å². The van der Waals surface area contributed by atoms with Gasteiger partial charge < -0.3 is 14.2 Å². The molecule has 2 heterocycles. The van der Waals surface area contributed by atoms with Crippen molar-refractivity contribution >= 4 is 40.1 Å². The molecule has 0 bridgehead atoms. The summed E-state index contributed by atoms with van der Waals surface area (Å²) in [6.07, 6.45) is 0.773. The van der Waals surface area contributed by atoms with Crippen molar-refractivity contribution in [2.24, 2.45) is 0 Å². The first-order valence-corrected chi connectivity index (χ1v) is 10.5. The standard InChI is InChI=1S/C23H22Cl2N2O3/c1-13-11-18-16(12-17(13)25)21(28)19-20(14-5-7-15(24)8-6-14)27(10-4-9-26(2)3)23(29)22(19)30-18/h5-8,11-12,20H,4,9-10H2,1-3H3. The Kier molecular flexibility index (Phi) is 5.62. The van der Waals surface area contributed by atoms with Gasteiger partial charge in [-0.25, -0.2) is 0 Å². The molecule has 0 saturated carbocycles. The highest BCUT2D eigenvalue weighted by molar-refractivity contribution is 6.32. The van der Waals surface area contributed by atoms with Gasteiger partial charge in [0.2, 0.25) is 5.76 Å². The maximum Gasteiger partial charge on any atom is 0.290 e. The van der Waals surface area contributed by atoms with E-state index in [1.165, 1.54) is 0 Å². The van der Waals surface area contributed by atoms with Gasteiger partial charge in [-0.05, 0) is 69.4 Å². The highest BCUT2D eigenvalue weighted by Gasteiger charge is 2.42. The van der Waals surface area contributed by atoms with Gasteiger partial charge in [-0.2, -0.15) is 0 Å². The van der Waals surface area contributed by atoms with Crippen LogP contribution in [0.2, 0.25) is 10.0 Å². The summed E-state index contributed by atoms with van der Waals surface area (Å²) in [5.74, 6) is -0.158. The van der Waals surface area contributed by atoms with Crippen LogP contribution in [0.25, 0.3) is 11.0 Å². The first-order valence-electron chi connectivity index (χ1n) is 9.76. The van der Waals surface area contributed by atoms with Crippen LogP contribution in [-0.2, 0) is 0 Å². The maximum atomic E-state index is 13.5. The van der Waals surface area contributed by atoms with Gasteiger partial charge in [0.25, 0.3) is 5.91 Å². The Morgan fingerprint density at radius 1 is 1.10 bits per heavy atom. The smallest absolute Gasteiger partial charge is 0.290 e. The van der Waals surface area contributed by atoms with Gasteiger partial charge in [-0.15, -0.1) is 0 Å². The quantitative estimate of drug-likeness (QED) is 0.561. The third kappa shape index (κ3) is 3.62. The van der Waals surface area contributed by atoms with Gasteiger partial charge in [0.1, 0.15) is 5.58 Å². The number of carbonyl (C=O) groups excluding carboxylic acids is 1. The van der Waals surface area contributed by atoms with E-state index in [1.54, 1.807) is 29.2 Å². The highest BCUT2D eigenvalue weighted by Crippen LogP contribution is 2.39. The van der Waals surface area contributed by atoms with Crippen LogP contribution in [0.3, 0.4) is 0 Å². The van der Waals surface area contributed by atoms with E-state index in [0.717, 1.165) is 24.1 Å². The Balaban J connectivity index is 1.90. The van der Waals surface area contributed by atoms with Gasteiger partial charge in [-0.1, -0.05) is 35.3 Å². The van der Waals surface area contributed by atoms with E-state index in [0.29, 0.717) is 33.1 Å². The molecule has 5 nitrogen and oxygen atoms in total. The molecule has 0 spiro atoms. The lowest BCUT2D eigenvalue weighted by molar-refractivity contribution is 0.0722. The summed E-state index contributed by atoms with van der Waals surface area (Å²) in [7, 11) is 3.97. The fraction of sp³-hybridized carbons (Fsp3) is 0.304. The number of aryl methyl sites for hydroxylation is 1. The summed E-state index contributed by atoms with van der Waals surface area (Å²) in [6, 6.07) is 10.0. The van der Waals surface area contributed by atoms with Crippen molar-refractivity contribution in [3.8, 4) is 0 Å². The Morgan fingerprint density at radius 2 is 1.80 bits per heavy atom. The first kappa shape index (κ1) is 20.9. The average Bonchev–Trinajstić information content (AvgIpc) is 2.97. The Bertz CT molecular complexity index is 1190. The Labute approximate surface area is 184 Å². The number of hydrogen-bond acceptors (Lipinski definition) is 4. The van der Waals surface area contributed by atoms with Crippen LogP contribution >= 0.6 is 23.2 Å². The number of amides is 1. The normalized spacial score (nSPS) is 16.0. The van der Waals surface area contributed by atoms with E-state index < -0.39 is 6.04 Å². The molecule has 1 atom stereocenters. The largest absolute Gasteiger partial charge is 0.450 e. The van der Waals surface area contributed by atoms with Gasteiger partial charge >= 0.3 is 0 Å². The SMILES string of the molecule is Cc1cc2oc3c(c(=O)c2cc1Cl)C(c1ccc(Cl)cc1)N(CCCN(C)C)C3=O. The molecule has 1 unspecified atom stereocenters. The average molecular weight is 445 g/mol. The van der Waals surface area contributed by atoms with Crippen LogP contribution in [0.5, 0.6) is 0 Å². The van der Waals surface area contributed by atoms with Crippen LogP contribution in [0, 0.1) is 6.92 Å². The summed E-state index contributed by atoms with van der Waals surface area (Å²) in [6.45, 7) is 3.16. The Hall–Kier alpha value is -2.34. The van der Waals surface area contributed by atoms with Crippen LogP contribution in [0.4, 0.5) is 0 Å². The predicted octanol–water partition coefficient (Wildman–Crippen LogP) is 4.91. The molecule has 0 saturated heterocycles.